The first-order valence-corrected chi connectivity index (χ1v) is 11.8. The van der Waals surface area contributed by atoms with Gasteiger partial charge in [0.2, 0.25) is 0 Å². The molecule has 0 radical (unpaired) electrons. The monoisotopic (exact) mass is 448 g/mol. The predicted octanol–water partition coefficient (Wildman–Crippen LogP) is 7.89. The maximum absolute atomic E-state index is 9.08. The largest absolute Gasteiger partial charge is 0.212 e. The van der Waals surface area contributed by atoms with Crippen LogP contribution in [0.15, 0.2) is 65.8 Å². The Balaban J connectivity index is 1.90. The Morgan fingerprint density at radius 3 is 2.00 bits per heavy atom. The molecule has 4 aromatic rings. The number of hydrogen-bond acceptors (Lipinski definition) is 3. The van der Waals surface area contributed by atoms with Crippen molar-refractivity contribution in [1.82, 2.24) is 15.0 Å². The fourth-order valence-corrected chi connectivity index (χ4v) is 4.97. The summed E-state index contributed by atoms with van der Waals surface area (Å²) in [6, 6.07) is 21.1. The van der Waals surface area contributed by atoms with Gasteiger partial charge in [0.1, 0.15) is 11.4 Å². The number of azide groups is 1. The normalized spacial score (nSPS) is 12.4. The van der Waals surface area contributed by atoms with Crippen molar-refractivity contribution in [2.45, 2.75) is 52.4 Å². The van der Waals surface area contributed by atoms with Gasteiger partial charge in [-0.25, -0.2) is 4.68 Å². The van der Waals surface area contributed by atoms with E-state index in [9.17, 15) is 0 Å². The Kier molecular flexibility index (Phi) is 5.68. The van der Waals surface area contributed by atoms with Crippen molar-refractivity contribution in [3.63, 3.8) is 0 Å². The van der Waals surface area contributed by atoms with Gasteiger partial charge in [-0.3, -0.25) is 0 Å². The highest BCUT2D eigenvalue weighted by molar-refractivity contribution is 5.83. The van der Waals surface area contributed by atoms with Gasteiger partial charge in [0, 0.05) is 21.7 Å². The predicted molar refractivity (Wildman–Crippen MR) is 137 cm³/mol. The Bertz CT molecular complexity index is 1390. The van der Waals surface area contributed by atoms with Gasteiger partial charge in [-0.1, -0.05) is 86.6 Å². The second-order valence-electron chi connectivity index (χ2n) is 9.48. The molecule has 0 fully saturated rings. The summed E-state index contributed by atoms with van der Waals surface area (Å²) < 4.78 is 2.03. The molecule has 0 bridgehead atoms. The van der Waals surface area contributed by atoms with E-state index in [1.807, 2.05) is 16.8 Å². The Labute approximate surface area is 199 Å². The second-order valence-corrected chi connectivity index (χ2v) is 9.48. The van der Waals surface area contributed by atoms with Crippen LogP contribution in [0.3, 0.4) is 0 Å². The van der Waals surface area contributed by atoms with Crippen LogP contribution >= 0.6 is 0 Å². The molecule has 1 aliphatic carbocycles. The van der Waals surface area contributed by atoms with Crippen molar-refractivity contribution in [2.24, 2.45) is 5.11 Å². The van der Waals surface area contributed by atoms with Crippen molar-refractivity contribution >= 4 is 5.69 Å². The van der Waals surface area contributed by atoms with Gasteiger partial charge >= 0.3 is 0 Å². The quantitative estimate of drug-likeness (QED) is 0.181. The van der Waals surface area contributed by atoms with E-state index in [0.29, 0.717) is 5.69 Å². The molecule has 0 amide bonds. The van der Waals surface area contributed by atoms with Crippen molar-refractivity contribution in [2.75, 3.05) is 0 Å². The van der Waals surface area contributed by atoms with E-state index in [2.05, 4.69) is 86.3 Å². The molecule has 0 atom stereocenters. The fraction of sp³-hybridized carbons (Fsp3) is 0.286. The minimum Gasteiger partial charge on any atom is -0.212 e. The molecule has 1 aromatic heterocycles. The maximum atomic E-state index is 9.08. The van der Waals surface area contributed by atoms with E-state index in [1.165, 1.54) is 16.7 Å². The molecule has 1 heterocycles. The maximum Gasteiger partial charge on any atom is 0.121 e. The molecule has 1 aliphatic rings. The lowest BCUT2D eigenvalue weighted by Gasteiger charge is -2.23. The lowest BCUT2D eigenvalue weighted by atomic mass is 9.88. The van der Waals surface area contributed by atoms with Gasteiger partial charge in [0.15, 0.2) is 0 Å². The van der Waals surface area contributed by atoms with Crippen LogP contribution in [0.4, 0.5) is 5.69 Å². The van der Waals surface area contributed by atoms with Crippen LogP contribution < -0.4 is 0 Å². The zero-order valence-corrected chi connectivity index (χ0v) is 20.0. The van der Waals surface area contributed by atoms with Gasteiger partial charge < -0.3 is 0 Å². The lowest BCUT2D eigenvalue weighted by molar-refractivity contribution is 0.745. The fourth-order valence-electron chi connectivity index (χ4n) is 4.97. The van der Waals surface area contributed by atoms with Crippen LogP contribution in [-0.4, -0.2) is 15.0 Å². The van der Waals surface area contributed by atoms with Crippen LogP contribution in [0.2, 0.25) is 0 Å². The van der Waals surface area contributed by atoms with Crippen LogP contribution in [0.1, 0.15) is 61.8 Å². The highest BCUT2D eigenvalue weighted by Gasteiger charge is 2.27. The molecule has 6 heteroatoms. The molecule has 0 aliphatic heterocycles. The number of hydrogen-bond donors (Lipinski definition) is 0. The minimum absolute atomic E-state index is 0.206. The number of aryl methyl sites for hydroxylation is 2. The zero-order chi connectivity index (χ0) is 23.8. The van der Waals surface area contributed by atoms with Crippen LogP contribution in [-0.2, 0) is 12.8 Å². The Morgan fingerprint density at radius 2 is 1.41 bits per heavy atom. The molecule has 5 rings (SSSR count). The van der Waals surface area contributed by atoms with Crippen molar-refractivity contribution in [3.05, 3.63) is 93.4 Å². The topological polar surface area (TPSA) is 79.5 Å². The zero-order valence-electron chi connectivity index (χ0n) is 20.0. The Morgan fingerprint density at radius 1 is 0.853 bits per heavy atom. The van der Waals surface area contributed by atoms with E-state index >= 15 is 0 Å². The first kappa shape index (κ1) is 21.9. The first-order valence-electron chi connectivity index (χ1n) is 11.8. The molecule has 0 spiro atoms. The van der Waals surface area contributed by atoms with E-state index < -0.39 is 0 Å². The summed E-state index contributed by atoms with van der Waals surface area (Å²) >= 11 is 0. The third-order valence-electron chi connectivity index (χ3n) is 6.65. The van der Waals surface area contributed by atoms with Crippen molar-refractivity contribution in [3.8, 4) is 28.2 Å². The van der Waals surface area contributed by atoms with Gasteiger partial charge in [-0.15, -0.1) is 5.10 Å². The highest BCUT2D eigenvalue weighted by Crippen LogP contribution is 2.42. The van der Waals surface area contributed by atoms with E-state index in [-0.39, 0.29) is 11.8 Å². The molecule has 0 saturated heterocycles. The van der Waals surface area contributed by atoms with E-state index in [4.69, 9.17) is 15.8 Å². The number of benzene rings is 3. The molecular weight excluding hydrogens is 420 g/mol. The molecular formula is C28H28N6. The van der Waals surface area contributed by atoms with E-state index in [1.54, 1.807) is 0 Å². The number of rotatable bonds is 4. The standard InChI is InChI=1S/C28H28N6/c1-17(2)24-15-21(30-32-29)16-25(18(3)4)27(24)34-28-23-12-8-6-10-20(23)14-13-19-9-5-7-11-22(19)26(28)31-33-34/h5-12,15-18H,13-14H2,1-4H3. The lowest BCUT2D eigenvalue weighted by Crippen LogP contribution is -2.11. The summed E-state index contributed by atoms with van der Waals surface area (Å²) in [7, 11) is 0. The van der Waals surface area contributed by atoms with Gasteiger partial charge in [0.05, 0.1) is 5.69 Å². The van der Waals surface area contributed by atoms with Gasteiger partial charge in [-0.2, -0.15) is 0 Å². The third-order valence-corrected chi connectivity index (χ3v) is 6.65. The average Bonchev–Trinajstić information content (AvgIpc) is 3.25. The van der Waals surface area contributed by atoms with Crippen LogP contribution in [0.25, 0.3) is 38.6 Å². The third kappa shape index (κ3) is 3.66. The van der Waals surface area contributed by atoms with E-state index in [0.717, 1.165) is 46.6 Å². The second kappa shape index (κ2) is 8.81. The van der Waals surface area contributed by atoms with Crippen LogP contribution in [0.5, 0.6) is 0 Å². The summed E-state index contributed by atoms with van der Waals surface area (Å²) in [4.78, 5) is 3.04. The van der Waals surface area contributed by atoms with Crippen LogP contribution in [0, 0.1) is 0 Å². The molecule has 0 N–H and O–H groups in total. The van der Waals surface area contributed by atoms with Gasteiger partial charge in [0.25, 0.3) is 0 Å². The number of fused-ring (bicyclic) bond motifs is 5. The summed E-state index contributed by atoms with van der Waals surface area (Å²) in [6.07, 6.45) is 1.93. The number of aromatic nitrogens is 3. The van der Waals surface area contributed by atoms with Crippen molar-refractivity contribution in [1.29, 1.82) is 0 Å². The molecule has 0 saturated carbocycles. The summed E-state index contributed by atoms with van der Waals surface area (Å²) in [5.74, 6) is 0.412. The first-order chi connectivity index (χ1) is 16.5. The molecule has 0 unspecified atom stereocenters. The molecule has 6 nitrogen and oxygen atoms in total. The summed E-state index contributed by atoms with van der Waals surface area (Å²) in [5, 5.41) is 13.5. The SMILES string of the molecule is CC(C)c1cc(N=[N+]=[N-])cc(C(C)C)c1-n1nnc2c1-c1ccccc1CCc1ccccc1-2. The molecule has 34 heavy (non-hydrogen) atoms. The smallest absolute Gasteiger partial charge is 0.121 e. The molecule has 170 valence electrons. The summed E-state index contributed by atoms with van der Waals surface area (Å²) in [6.45, 7) is 8.64. The highest BCUT2D eigenvalue weighted by atomic mass is 15.4. The summed E-state index contributed by atoms with van der Waals surface area (Å²) in [5.41, 5.74) is 19.7. The van der Waals surface area contributed by atoms with Gasteiger partial charge in [-0.05, 0) is 64.6 Å². The average molecular weight is 449 g/mol. The molecule has 3 aromatic carbocycles. The van der Waals surface area contributed by atoms with Crippen molar-refractivity contribution < 1.29 is 0 Å². The Hall–Kier alpha value is -3.89. The minimum atomic E-state index is 0.206. The number of nitrogens with zero attached hydrogens (tertiary/aromatic N) is 6.